The molecule has 0 saturated heterocycles. The van der Waals surface area contributed by atoms with Gasteiger partial charge in [0.05, 0.1) is 9.95 Å². The van der Waals surface area contributed by atoms with Crippen molar-refractivity contribution in [3.05, 3.63) is 28.4 Å². The SMILES string of the molecule is O=[N+]([O-])c1ccc(SC2CCCC2)nc1. The summed E-state index contributed by atoms with van der Waals surface area (Å²) in [7, 11) is 0. The Hall–Kier alpha value is -1.10. The molecule has 0 aromatic carbocycles. The largest absolute Gasteiger partial charge is 0.287 e. The van der Waals surface area contributed by atoms with E-state index >= 15 is 0 Å². The number of hydrogen-bond donors (Lipinski definition) is 0. The van der Waals surface area contributed by atoms with Crippen LogP contribution in [0.15, 0.2) is 23.4 Å². The minimum Gasteiger partial charge on any atom is -0.258 e. The Labute approximate surface area is 92.2 Å². The molecule has 80 valence electrons. The summed E-state index contributed by atoms with van der Waals surface area (Å²) < 4.78 is 0. The molecule has 0 atom stereocenters. The first-order valence-corrected chi connectivity index (χ1v) is 5.91. The van der Waals surface area contributed by atoms with Gasteiger partial charge in [0.25, 0.3) is 5.69 Å². The number of pyridine rings is 1. The maximum Gasteiger partial charge on any atom is 0.287 e. The Morgan fingerprint density at radius 2 is 2.13 bits per heavy atom. The van der Waals surface area contributed by atoms with Crippen molar-refractivity contribution in [3.63, 3.8) is 0 Å². The normalized spacial score (nSPS) is 16.8. The summed E-state index contributed by atoms with van der Waals surface area (Å²) in [6.45, 7) is 0. The van der Waals surface area contributed by atoms with Gasteiger partial charge in [-0.25, -0.2) is 4.98 Å². The van der Waals surface area contributed by atoms with Crippen LogP contribution in [0.5, 0.6) is 0 Å². The number of nitro groups is 1. The van der Waals surface area contributed by atoms with E-state index in [9.17, 15) is 10.1 Å². The molecule has 1 aromatic heterocycles. The van der Waals surface area contributed by atoms with Gasteiger partial charge in [-0.2, -0.15) is 0 Å². The number of hydrogen-bond acceptors (Lipinski definition) is 4. The molecule has 0 radical (unpaired) electrons. The highest BCUT2D eigenvalue weighted by molar-refractivity contribution is 7.99. The monoisotopic (exact) mass is 224 g/mol. The Morgan fingerprint density at radius 1 is 1.40 bits per heavy atom. The summed E-state index contributed by atoms with van der Waals surface area (Å²) >= 11 is 1.74. The van der Waals surface area contributed by atoms with Gasteiger partial charge in [0.2, 0.25) is 0 Å². The van der Waals surface area contributed by atoms with E-state index in [0.29, 0.717) is 5.25 Å². The van der Waals surface area contributed by atoms with Crippen molar-refractivity contribution in [1.29, 1.82) is 0 Å². The van der Waals surface area contributed by atoms with Crippen LogP contribution in [0, 0.1) is 10.1 Å². The van der Waals surface area contributed by atoms with Gasteiger partial charge in [-0.1, -0.05) is 12.8 Å². The lowest BCUT2D eigenvalue weighted by Gasteiger charge is -2.06. The molecular weight excluding hydrogens is 212 g/mol. The van der Waals surface area contributed by atoms with E-state index in [-0.39, 0.29) is 5.69 Å². The maximum absolute atomic E-state index is 10.4. The molecule has 1 aromatic rings. The molecular formula is C10H12N2O2S. The third-order valence-electron chi connectivity index (χ3n) is 2.52. The lowest BCUT2D eigenvalue weighted by Crippen LogP contribution is -1.95. The molecule has 1 heterocycles. The van der Waals surface area contributed by atoms with Gasteiger partial charge in [-0.05, 0) is 18.9 Å². The molecule has 1 aliphatic carbocycles. The van der Waals surface area contributed by atoms with E-state index in [4.69, 9.17) is 0 Å². The number of aromatic nitrogens is 1. The second-order valence-corrected chi connectivity index (χ2v) is 4.96. The lowest BCUT2D eigenvalue weighted by atomic mass is 10.4. The van der Waals surface area contributed by atoms with Crippen molar-refractivity contribution >= 4 is 17.4 Å². The lowest BCUT2D eigenvalue weighted by molar-refractivity contribution is -0.385. The summed E-state index contributed by atoms with van der Waals surface area (Å²) in [6, 6.07) is 3.26. The molecule has 0 N–H and O–H groups in total. The molecule has 0 aliphatic heterocycles. The van der Waals surface area contributed by atoms with Crippen molar-refractivity contribution in [2.24, 2.45) is 0 Å². The second-order valence-electron chi connectivity index (χ2n) is 3.64. The molecule has 1 saturated carbocycles. The number of thioether (sulfide) groups is 1. The highest BCUT2D eigenvalue weighted by Gasteiger charge is 2.17. The van der Waals surface area contributed by atoms with E-state index in [1.807, 2.05) is 0 Å². The highest BCUT2D eigenvalue weighted by atomic mass is 32.2. The highest BCUT2D eigenvalue weighted by Crippen LogP contribution is 2.33. The number of nitrogens with zero attached hydrogens (tertiary/aromatic N) is 2. The minimum absolute atomic E-state index is 0.0609. The fourth-order valence-electron chi connectivity index (χ4n) is 1.73. The molecule has 0 amide bonds. The molecule has 1 fully saturated rings. The first-order valence-electron chi connectivity index (χ1n) is 5.03. The zero-order valence-electron chi connectivity index (χ0n) is 8.26. The molecule has 0 unspecified atom stereocenters. The Balaban J connectivity index is 2.00. The van der Waals surface area contributed by atoms with Crippen molar-refractivity contribution < 1.29 is 4.92 Å². The van der Waals surface area contributed by atoms with Gasteiger partial charge in [0.1, 0.15) is 6.20 Å². The molecule has 0 spiro atoms. The van der Waals surface area contributed by atoms with Crippen LogP contribution in [-0.2, 0) is 0 Å². The Morgan fingerprint density at radius 3 is 2.67 bits per heavy atom. The average molecular weight is 224 g/mol. The zero-order chi connectivity index (χ0) is 10.7. The average Bonchev–Trinajstić information content (AvgIpc) is 2.71. The summed E-state index contributed by atoms with van der Waals surface area (Å²) in [5, 5.41) is 12.0. The first-order chi connectivity index (χ1) is 7.25. The standard InChI is InChI=1S/C10H12N2O2S/c13-12(14)8-5-6-10(11-7-8)15-9-3-1-2-4-9/h5-7,9H,1-4H2. The molecule has 5 heteroatoms. The molecule has 0 bridgehead atoms. The van der Waals surface area contributed by atoms with Gasteiger partial charge in [0.15, 0.2) is 0 Å². The van der Waals surface area contributed by atoms with Crippen molar-refractivity contribution in [2.45, 2.75) is 36.0 Å². The minimum atomic E-state index is -0.420. The van der Waals surface area contributed by atoms with Crippen LogP contribution < -0.4 is 0 Å². The van der Waals surface area contributed by atoms with E-state index in [1.165, 1.54) is 37.9 Å². The quantitative estimate of drug-likeness (QED) is 0.585. The summed E-state index contributed by atoms with van der Waals surface area (Å²) in [6.07, 6.45) is 6.40. The molecule has 2 rings (SSSR count). The summed E-state index contributed by atoms with van der Waals surface area (Å²) in [5.74, 6) is 0. The number of rotatable bonds is 3. The van der Waals surface area contributed by atoms with Gasteiger partial charge < -0.3 is 0 Å². The van der Waals surface area contributed by atoms with Crippen molar-refractivity contribution in [3.8, 4) is 0 Å². The smallest absolute Gasteiger partial charge is 0.258 e. The van der Waals surface area contributed by atoms with Crippen LogP contribution in [-0.4, -0.2) is 15.2 Å². The van der Waals surface area contributed by atoms with Gasteiger partial charge in [-0.15, -0.1) is 11.8 Å². The maximum atomic E-state index is 10.4. The van der Waals surface area contributed by atoms with Crippen LogP contribution >= 0.6 is 11.8 Å². The van der Waals surface area contributed by atoms with Gasteiger partial charge in [0, 0.05) is 11.3 Å². The van der Waals surface area contributed by atoms with E-state index in [1.54, 1.807) is 17.8 Å². The van der Waals surface area contributed by atoms with Crippen molar-refractivity contribution in [1.82, 2.24) is 4.98 Å². The zero-order valence-corrected chi connectivity index (χ0v) is 9.07. The third-order valence-corrected chi connectivity index (χ3v) is 3.81. The van der Waals surface area contributed by atoms with Gasteiger partial charge in [-0.3, -0.25) is 10.1 Å². The molecule has 15 heavy (non-hydrogen) atoms. The van der Waals surface area contributed by atoms with Crippen LogP contribution in [0.3, 0.4) is 0 Å². The summed E-state index contributed by atoms with van der Waals surface area (Å²) in [4.78, 5) is 14.1. The fraction of sp³-hybridized carbons (Fsp3) is 0.500. The molecule has 4 nitrogen and oxygen atoms in total. The Kier molecular flexibility index (Phi) is 3.20. The van der Waals surface area contributed by atoms with E-state index < -0.39 is 4.92 Å². The van der Waals surface area contributed by atoms with Crippen LogP contribution in [0.25, 0.3) is 0 Å². The van der Waals surface area contributed by atoms with Crippen LogP contribution in [0.4, 0.5) is 5.69 Å². The van der Waals surface area contributed by atoms with E-state index in [0.717, 1.165) is 5.03 Å². The second kappa shape index (κ2) is 4.61. The Bertz CT molecular complexity index is 347. The van der Waals surface area contributed by atoms with E-state index in [2.05, 4.69) is 4.98 Å². The topological polar surface area (TPSA) is 56.0 Å². The van der Waals surface area contributed by atoms with Crippen LogP contribution in [0.1, 0.15) is 25.7 Å². The first kappa shape index (κ1) is 10.4. The third kappa shape index (κ3) is 2.68. The fourth-order valence-corrected chi connectivity index (χ4v) is 2.90. The molecule has 1 aliphatic rings. The van der Waals surface area contributed by atoms with Crippen LogP contribution in [0.2, 0.25) is 0 Å². The predicted octanol–water partition coefficient (Wildman–Crippen LogP) is 3.02. The van der Waals surface area contributed by atoms with Crippen molar-refractivity contribution in [2.75, 3.05) is 0 Å². The summed E-state index contributed by atoms with van der Waals surface area (Å²) in [5.41, 5.74) is 0.0609. The van der Waals surface area contributed by atoms with Gasteiger partial charge >= 0.3 is 0 Å². The predicted molar refractivity (Wildman–Crippen MR) is 59.0 cm³/mol.